The van der Waals surface area contributed by atoms with E-state index in [0.29, 0.717) is 17.5 Å². The molecule has 0 saturated heterocycles. The average molecular weight is 524 g/mol. The van der Waals surface area contributed by atoms with Crippen molar-refractivity contribution in [2.24, 2.45) is 0 Å². The summed E-state index contributed by atoms with van der Waals surface area (Å²) in [6, 6.07) is 43.3. The van der Waals surface area contributed by atoms with Crippen molar-refractivity contribution in [3.8, 4) is 57.6 Å². The summed E-state index contributed by atoms with van der Waals surface area (Å²) < 4.78 is 0. The van der Waals surface area contributed by atoms with Gasteiger partial charge < -0.3 is 0 Å². The van der Waals surface area contributed by atoms with Crippen LogP contribution in [0.1, 0.15) is 22.3 Å². The molecule has 1 aliphatic carbocycles. The van der Waals surface area contributed by atoms with Crippen molar-refractivity contribution < 1.29 is 0 Å². The summed E-state index contributed by atoms with van der Waals surface area (Å²) in [7, 11) is 0. The van der Waals surface area contributed by atoms with E-state index in [4.69, 9.17) is 21.4 Å². The highest BCUT2D eigenvalue weighted by atomic mass is 15.0. The fourth-order valence-corrected chi connectivity index (χ4v) is 5.43. The molecule has 3 nitrogen and oxygen atoms in total. The Morgan fingerprint density at radius 2 is 1.10 bits per heavy atom. The Bertz CT molecular complexity index is 1910. The number of fused-ring (bicyclic) bond motifs is 3. The van der Waals surface area contributed by atoms with E-state index < -0.39 is 0 Å². The van der Waals surface area contributed by atoms with Gasteiger partial charge in [0.1, 0.15) is 0 Å². The summed E-state index contributed by atoms with van der Waals surface area (Å²) in [5, 5.41) is 0. The minimum Gasteiger partial charge on any atom is -0.208 e. The van der Waals surface area contributed by atoms with Crippen molar-refractivity contribution in [1.29, 1.82) is 0 Å². The van der Waals surface area contributed by atoms with Crippen molar-refractivity contribution in [3.05, 3.63) is 150 Å². The first-order chi connectivity index (χ1) is 20.3. The summed E-state index contributed by atoms with van der Waals surface area (Å²) in [5.41, 5.74) is 11.0. The molecule has 3 heteroatoms. The zero-order chi connectivity index (χ0) is 27.6. The van der Waals surface area contributed by atoms with Gasteiger partial charge in [0.2, 0.25) is 0 Å². The fourth-order valence-electron chi connectivity index (χ4n) is 5.43. The highest BCUT2D eigenvalue weighted by molar-refractivity contribution is 5.96. The van der Waals surface area contributed by atoms with Crippen LogP contribution in [0.5, 0.6) is 0 Å². The van der Waals surface area contributed by atoms with Crippen LogP contribution in [0.15, 0.2) is 127 Å². The van der Waals surface area contributed by atoms with Crippen LogP contribution < -0.4 is 0 Å². The summed E-state index contributed by atoms with van der Waals surface area (Å²) >= 11 is 0. The zero-order valence-electron chi connectivity index (χ0n) is 22.3. The van der Waals surface area contributed by atoms with Crippen LogP contribution in [-0.4, -0.2) is 15.0 Å². The Morgan fingerprint density at radius 3 is 1.76 bits per heavy atom. The molecule has 41 heavy (non-hydrogen) atoms. The molecule has 0 N–H and O–H groups in total. The standard InChI is InChI=1S/C38H25N3/c1-2-26-13-9-10-18-29(26)23-32-24-30-21-22-31(25-35(30)34-20-12-11-19-33(32)34)38-40-36(27-14-5-3-6-15-27)39-37(41-38)28-16-7-4-8-17-28/h1,3-23,25H,24H2/b32-23-. The molecular weight excluding hydrogens is 498 g/mol. The SMILES string of the molecule is C#Cc1ccccc1/C=C1/Cc2ccc(-c3nc(-c4ccccc4)nc(-c4ccccc4)n3)cc2-c2ccccc21. The van der Waals surface area contributed by atoms with Gasteiger partial charge in [-0.1, -0.05) is 121 Å². The Kier molecular flexibility index (Phi) is 6.28. The van der Waals surface area contributed by atoms with Crippen LogP contribution in [0.25, 0.3) is 56.9 Å². The summed E-state index contributed by atoms with van der Waals surface area (Å²) in [5.74, 6) is 4.79. The molecule has 0 saturated carbocycles. The monoisotopic (exact) mass is 523 g/mol. The normalized spacial score (nSPS) is 12.8. The van der Waals surface area contributed by atoms with Gasteiger partial charge in [-0.2, -0.15) is 0 Å². The number of benzene rings is 5. The van der Waals surface area contributed by atoms with Gasteiger partial charge in [0.25, 0.3) is 0 Å². The van der Waals surface area contributed by atoms with E-state index in [2.05, 4.69) is 60.5 Å². The predicted octanol–water partition coefficient (Wildman–Crippen LogP) is 8.62. The van der Waals surface area contributed by atoms with Crippen molar-refractivity contribution in [3.63, 3.8) is 0 Å². The van der Waals surface area contributed by atoms with Gasteiger partial charge in [0, 0.05) is 22.3 Å². The summed E-state index contributed by atoms with van der Waals surface area (Å²) in [6.07, 6.45) is 8.84. The number of hydrogen-bond acceptors (Lipinski definition) is 3. The Morgan fingerprint density at radius 1 is 0.537 bits per heavy atom. The molecule has 1 aliphatic rings. The maximum atomic E-state index is 5.80. The fraction of sp³-hybridized carbons (Fsp3) is 0.0263. The van der Waals surface area contributed by atoms with Gasteiger partial charge >= 0.3 is 0 Å². The highest BCUT2D eigenvalue weighted by Gasteiger charge is 2.21. The predicted molar refractivity (Wildman–Crippen MR) is 168 cm³/mol. The van der Waals surface area contributed by atoms with Gasteiger partial charge in [0.15, 0.2) is 17.5 Å². The lowest BCUT2D eigenvalue weighted by Gasteiger charge is -2.23. The molecule has 0 unspecified atom stereocenters. The van der Waals surface area contributed by atoms with Gasteiger partial charge in [-0.25, -0.2) is 15.0 Å². The first-order valence-electron chi connectivity index (χ1n) is 13.6. The third-order valence-corrected chi connectivity index (χ3v) is 7.46. The molecular formula is C38H25N3. The van der Waals surface area contributed by atoms with E-state index in [1.165, 1.54) is 27.8 Å². The molecule has 1 aromatic heterocycles. The first kappa shape index (κ1) is 24.5. The molecule has 0 bridgehead atoms. The second-order valence-corrected chi connectivity index (χ2v) is 10.0. The lowest BCUT2D eigenvalue weighted by atomic mass is 9.81. The quantitative estimate of drug-likeness (QED) is 0.217. The third-order valence-electron chi connectivity index (χ3n) is 7.46. The van der Waals surface area contributed by atoms with Gasteiger partial charge in [-0.05, 0) is 58.0 Å². The maximum Gasteiger partial charge on any atom is 0.164 e. The van der Waals surface area contributed by atoms with Crippen LogP contribution in [0.3, 0.4) is 0 Å². The molecule has 0 amide bonds. The Hall–Kier alpha value is -5.59. The van der Waals surface area contributed by atoms with Gasteiger partial charge in [-0.15, -0.1) is 6.42 Å². The minimum absolute atomic E-state index is 0.655. The molecule has 0 aliphatic heterocycles. The lowest BCUT2D eigenvalue weighted by Crippen LogP contribution is -2.05. The van der Waals surface area contributed by atoms with Crippen LogP contribution in [0.2, 0.25) is 0 Å². The molecule has 0 atom stereocenters. The Balaban J connectivity index is 1.36. The zero-order valence-corrected chi connectivity index (χ0v) is 22.3. The lowest BCUT2D eigenvalue weighted by molar-refractivity contribution is 1.07. The van der Waals surface area contributed by atoms with Crippen molar-refractivity contribution in [2.75, 3.05) is 0 Å². The van der Waals surface area contributed by atoms with Crippen molar-refractivity contribution in [2.45, 2.75) is 6.42 Å². The van der Waals surface area contributed by atoms with E-state index in [0.717, 1.165) is 34.2 Å². The molecule has 192 valence electrons. The van der Waals surface area contributed by atoms with Crippen molar-refractivity contribution in [1.82, 2.24) is 15.0 Å². The maximum absolute atomic E-state index is 5.80. The largest absolute Gasteiger partial charge is 0.208 e. The number of hydrogen-bond donors (Lipinski definition) is 0. The Labute approximate surface area is 240 Å². The minimum atomic E-state index is 0.655. The second kappa shape index (κ2) is 10.5. The van der Waals surface area contributed by atoms with Crippen LogP contribution in [0, 0.1) is 12.3 Å². The molecule has 0 spiro atoms. The summed E-state index contributed by atoms with van der Waals surface area (Å²) in [4.78, 5) is 14.7. The van der Waals surface area contributed by atoms with Gasteiger partial charge in [0.05, 0.1) is 0 Å². The van der Waals surface area contributed by atoms with E-state index in [1.54, 1.807) is 0 Å². The molecule has 1 heterocycles. The second-order valence-electron chi connectivity index (χ2n) is 10.0. The first-order valence-corrected chi connectivity index (χ1v) is 13.6. The van der Waals surface area contributed by atoms with Crippen molar-refractivity contribution >= 4 is 11.6 Å². The van der Waals surface area contributed by atoms with Crippen LogP contribution in [-0.2, 0) is 6.42 Å². The number of nitrogens with zero attached hydrogens (tertiary/aromatic N) is 3. The number of allylic oxidation sites excluding steroid dienone is 1. The third kappa shape index (κ3) is 4.73. The van der Waals surface area contributed by atoms with E-state index in [-0.39, 0.29) is 0 Å². The van der Waals surface area contributed by atoms with Crippen LogP contribution in [0.4, 0.5) is 0 Å². The van der Waals surface area contributed by atoms with Crippen LogP contribution >= 0.6 is 0 Å². The number of aromatic nitrogens is 3. The summed E-state index contributed by atoms with van der Waals surface area (Å²) in [6.45, 7) is 0. The average Bonchev–Trinajstić information content (AvgIpc) is 3.05. The molecule has 5 aromatic carbocycles. The van der Waals surface area contributed by atoms with E-state index in [9.17, 15) is 0 Å². The highest BCUT2D eigenvalue weighted by Crippen LogP contribution is 2.41. The molecule has 0 fully saturated rings. The smallest absolute Gasteiger partial charge is 0.164 e. The molecule has 7 rings (SSSR count). The number of rotatable bonds is 4. The molecule has 6 aromatic rings. The topological polar surface area (TPSA) is 38.7 Å². The molecule has 0 radical (unpaired) electrons. The van der Waals surface area contributed by atoms with E-state index >= 15 is 0 Å². The number of terminal acetylenes is 1. The van der Waals surface area contributed by atoms with Gasteiger partial charge in [-0.3, -0.25) is 0 Å². The van der Waals surface area contributed by atoms with E-state index in [1.807, 2.05) is 78.9 Å².